The molecular formula is C30H46O6. The van der Waals surface area contributed by atoms with Crippen LogP contribution in [0, 0.1) is 11.8 Å². The van der Waals surface area contributed by atoms with Crippen LogP contribution in [0.5, 0.6) is 0 Å². The zero-order valence-electron chi connectivity index (χ0n) is 22.9. The van der Waals surface area contributed by atoms with Gasteiger partial charge in [-0.3, -0.25) is 0 Å². The molecule has 6 nitrogen and oxygen atoms in total. The summed E-state index contributed by atoms with van der Waals surface area (Å²) in [7, 11) is 0. The van der Waals surface area contributed by atoms with Gasteiger partial charge in [-0.1, -0.05) is 82.6 Å². The summed E-state index contributed by atoms with van der Waals surface area (Å²) in [6.45, 7) is 9.31. The number of aryl methyl sites for hydroxylation is 1. The van der Waals surface area contributed by atoms with Gasteiger partial charge in [0.1, 0.15) is 0 Å². The number of hydrogen-bond acceptors (Lipinski definition) is 6. The van der Waals surface area contributed by atoms with E-state index in [0.717, 1.165) is 23.8 Å². The van der Waals surface area contributed by atoms with Crippen LogP contribution in [-0.2, 0) is 35.0 Å². The lowest BCUT2D eigenvalue weighted by Gasteiger charge is -2.28. The van der Waals surface area contributed by atoms with E-state index >= 15 is 0 Å². The first kappa shape index (κ1) is 28.6. The topological polar surface area (TPSA) is 71.1 Å². The van der Waals surface area contributed by atoms with Gasteiger partial charge >= 0.3 is 11.9 Å². The quantitative estimate of drug-likeness (QED) is 0.234. The van der Waals surface area contributed by atoms with Crippen LogP contribution in [0.3, 0.4) is 0 Å². The van der Waals surface area contributed by atoms with Crippen molar-refractivity contribution < 1.29 is 28.5 Å². The molecule has 1 heterocycles. The van der Waals surface area contributed by atoms with Crippen molar-refractivity contribution in [2.75, 3.05) is 0 Å². The Kier molecular flexibility index (Phi) is 11.2. The maximum Gasteiger partial charge on any atom is 0.339 e. The van der Waals surface area contributed by atoms with E-state index < -0.39 is 30.4 Å². The van der Waals surface area contributed by atoms with Gasteiger partial charge in [-0.25, -0.2) is 9.59 Å². The smallest absolute Gasteiger partial charge is 0.339 e. The average Bonchev–Trinajstić information content (AvgIpc) is 3.29. The highest BCUT2D eigenvalue weighted by Crippen LogP contribution is 2.35. The molecule has 1 aliphatic carbocycles. The molecular weight excluding hydrogens is 456 g/mol. The van der Waals surface area contributed by atoms with Crippen molar-refractivity contribution in [1.29, 1.82) is 0 Å². The number of hydrogen-bond donors (Lipinski definition) is 0. The van der Waals surface area contributed by atoms with Crippen LogP contribution in [0.4, 0.5) is 0 Å². The third-order valence-electron chi connectivity index (χ3n) is 7.23. The third kappa shape index (κ3) is 8.58. The molecule has 0 unspecified atom stereocenters. The van der Waals surface area contributed by atoms with E-state index in [1.54, 1.807) is 27.7 Å². The Hall–Kier alpha value is -1.92. The van der Waals surface area contributed by atoms with E-state index in [-0.39, 0.29) is 12.2 Å². The molecule has 0 amide bonds. The molecule has 1 saturated carbocycles. The number of benzene rings is 1. The summed E-state index contributed by atoms with van der Waals surface area (Å²) in [4.78, 5) is 25.1. The lowest BCUT2D eigenvalue weighted by Crippen LogP contribution is -2.40. The van der Waals surface area contributed by atoms with Crippen LogP contribution >= 0.6 is 0 Å². The predicted molar refractivity (Wildman–Crippen MR) is 139 cm³/mol. The average molecular weight is 503 g/mol. The van der Waals surface area contributed by atoms with Crippen molar-refractivity contribution in [1.82, 2.24) is 0 Å². The Balaban J connectivity index is 1.48. The monoisotopic (exact) mass is 502 g/mol. The molecule has 36 heavy (non-hydrogen) atoms. The molecule has 0 N–H and O–H groups in total. The normalized spacial score (nSPS) is 24.9. The van der Waals surface area contributed by atoms with E-state index in [0.29, 0.717) is 0 Å². The van der Waals surface area contributed by atoms with Crippen LogP contribution in [0.15, 0.2) is 24.3 Å². The lowest BCUT2D eigenvalue weighted by molar-refractivity contribution is -0.167. The van der Waals surface area contributed by atoms with Gasteiger partial charge in [-0.2, -0.15) is 0 Å². The Morgan fingerprint density at radius 3 is 1.78 bits per heavy atom. The van der Waals surface area contributed by atoms with Gasteiger partial charge in [0.2, 0.25) is 0 Å². The first-order valence-corrected chi connectivity index (χ1v) is 14.1. The molecule has 1 aromatic rings. The number of esters is 2. The zero-order chi connectivity index (χ0) is 26.1. The van der Waals surface area contributed by atoms with E-state index in [9.17, 15) is 9.59 Å². The first-order chi connectivity index (χ1) is 17.3. The van der Waals surface area contributed by atoms with Gasteiger partial charge in [0.05, 0.1) is 12.2 Å². The molecule has 0 radical (unpaired) electrons. The molecule has 3 rings (SSSR count). The fourth-order valence-corrected chi connectivity index (χ4v) is 5.38. The molecule has 0 spiro atoms. The van der Waals surface area contributed by atoms with Crippen molar-refractivity contribution in [2.24, 2.45) is 11.8 Å². The SMILES string of the molecule is CCCC1CCC(CCCCc2ccc(C3O[C@@H](C(=O)OC(C)C)[C@H](C(=O)OC(C)C)O3)cc2)CC1. The molecule has 1 aromatic carbocycles. The van der Waals surface area contributed by atoms with Gasteiger partial charge in [0, 0.05) is 5.56 Å². The number of carbonyl (C=O) groups excluding carboxylic acids is 2. The lowest BCUT2D eigenvalue weighted by atomic mass is 9.78. The van der Waals surface area contributed by atoms with E-state index in [1.165, 1.54) is 63.4 Å². The number of carbonyl (C=O) groups is 2. The Bertz CT molecular complexity index is 779. The molecule has 2 aliphatic rings. The van der Waals surface area contributed by atoms with E-state index in [2.05, 4.69) is 19.1 Å². The van der Waals surface area contributed by atoms with E-state index in [4.69, 9.17) is 18.9 Å². The van der Waals surface area contributed by atoms with Gasteiger partial charge in [-0.05, 0) is 57.9 Å². The second-order valence-electron chi connectivity index (χ2n) is 11.1. The highest BCUT2D eigenvalue weighted by atomic mass is 16.8. The predicted octanol–water partition coefficient (Wildman–Crippen LogP) is 6.69. The fraction of sp³-hybridized carbons (Fsp3) is 0.733. The molecule has 0 bridgehead atoms. The van der Waals surface area contributed by atoms with Crippen LogP contribution in [0.1, 0.15) is 110 Å². The van der Waals surface area contributed by atoms with Crippen LogP contribution < -0.4 is 0 Å². The molecule has 2 atom stereocenters. The second kappa shape index (κ2) is 14.1. The summed E-state index contributed by atoms with van der Waals surface area (Å²) >= 11 is 0. The Morgan fingerprint density at radius 2 is 1.31 bits per heavy atom. The highest BCUT2D eigenvalue weighted by Gasteiger charge is 2.48. The molecule has 1 saturated heterocycles. The summed E-state index contributed by atoms with van der Waals surface area (Å²) < 4.78 is 22.3. The fourth-order valence-electron chi connectivity index (χ4n) is 5.38. The number of rotatable bonds is 12. The van der Waals surface area contributed by atoms with Crippen molar-refractivity contribution >= 4 is 11.9 Å². The minimum atomic E-state index is -1.15. The zero-order valence-corrected chi connectivity index (χ0v) is 22.9. The van der Waals surface area contributed by atoms with E-state index in [1.807, 2.05) is 12.1 Å². The standard InChI is InChI=1S/C30H46O6/c1-6-9-22-12-14-23(15-13-22)10-7-8-11-24-16-18-25(19-17-24)30-35-26(28(31)33-20(2)3)27(36-30)29(32)34-21(4)5/h16-23,26-27,30H,6-15H2,1-5H3/t22?,23?,26-,27-/m1/s1. The van der Waals surface area contributed by atoms with Crippen molar-refractivity contribution in [3.8, 4) is 0 Å². The summed E-state index contributed by atoms with van der Waals surface area (Å²) in [5, 5.41) is 0. The maximum atomic E-state index is 12.6. The molecule has 1 aliphatic heterocycles. The summed E-state index contributed by atoms with van der Waals surface area (Å²) in [5.74, 6) is 0.662. The van der Waals surface area contributed by atoms with Crippen LogP contribution in [-0.4, -0.2) is 36.4 Å². The molecule has 0 aromatic heterocycles. The first-order valence-electron chi connectivity index (χ1n) is 14.1. The maximum absolute atomic E-state index is 12.6. The molecule has 202 valence electrons. The largest absolute Gasteiger partial charge is 0.461 e. The highest BCUT2D eigenvalue weighted by molar-refractivity contribution is 5.86. The summed E-state index contributed by atoms with van der Waals surface area (Å²) in [5.41, 5.74) is 2.04. The third-order valence-corrected chi connectivity index (χ3v) is 7.23. The van der Waals surface area contributed by atoms with Gasteiger partial charge in [-0.15, -0.1) is 0 Å². The van der Waals surface area contributed by atoms with Crippen LogP contribution in [0.25, 0.3) is 0 Å². The number of ether oxygens (including phenoxy) is 4. The second-order valence-corrected chi connectivity index (χ2v) is 11.1. The summed E-state index contributed by atoms with van der Waals surface area (Å²) in [6.07, 6.45) is 9.51. The number of unbranched alkanes of at least 4 members (excludes halogenated alkanes) is 1. The van der Waals surface area contributed by atoms with Crippen molar-refractivity contribution in [3.63, 3.8) is 0 Å². The Labute approximate surface area is 217 Å². The molecule has 6 heteroatoms. The minimum Gasteiger partial charge on any atom is -0.461 e. The Morgan fingerprint density at radius 1 is 0.806 bits per heavy atom. The molecule has 2 fully saturated rings. The van der Waals surface area contributed by atoms with Gasteiger partial charge in [0.25, 0.3) is 0 Å². The van der Waals surface area contributed by atoms with Gasteiger partial charge in [0.15, 0.2) is 18.5 Å². The minimum absolute atomic E-state index is 0.322. The van der Waals surface area contributed by atoms with Crippen LogP contribution in [0.2, 0.25) is 0 Å². The van der Waals surface area contributed by atoms with Crippen molar-refractivity contribution in [3.05, 3.63) is 35.4 Å². The van der Waals surface area contributed by atoms with Crippen molar-refractivity contribution in [2.45, 2.75) is 130 Å². The van der Waals surface area contributed by atoms with Gasteiger partial charge < -0.3 is 18.9 Å². The summed E-state index contributed by atoms with van der Waals surface area (Å²) in [6, 6.07) is 8.07.